The quantitative estimate of drug-likeness (QED) is 0.606. The van der Waals surface area contributed by atoms with Crippen LogP contribution in [0.5, 0.6) is 5.75 Å². The topological polar surface area (TPSA) is 76.5 Å². The molecule has 2 amide bonds. The first kappa shape index (κ1) is 21.5. The molecule has 1 aromatic heterocycles. The molecule has 0 unspecified atom stereocenters. The number of imidazole rings is 1. The fraction of sp³-hybridized carbons (Fsp3) is 0.423. The second-order valence-corrected chi connectivity index (χ2v) is 9.28. The summed E-state index contributed by atoms with van der Waals surface area (Å²) in [6.45, 7) is 2.19. The number of carbonyl (C=O) groups excluding carboxylic acids is 2. The van der Waals surface area contributed by atoms with E-state index in [1.165, 1.54) is 12.8 Å². The molecule has 1 aliphatic carbocycles. The van der Waals surface area contributed by atoms with Gasteiger partial charge in [-0.1, -0.05) is 37.8 Å². The van der Waals surface area contributed by atoms with E-state index in [1.807, 2.05) is 60.0 Å². The average Bonchev–Trinajstić information content (AvgIpc) is 3.00. The number of aromatic nitrogens is 2. The maximum atomic E-state index is 13.9. The van der Waals surface area contributed by atoms with E-state index in [-0.39, 0.29) is 17.9 Å². The van der Waals surface area contributed by atoms with Crippen molar-refractivity contribution in [3.8, 4) is 5.75 Å². The predicted octanol–water partition coefficient (Wildman–Crippen LogP) is 4.30. The van der Waals surface area contributed by atoms with E-state index < -0.39 is 5.54 Å². The molecule has 3 aromatic rings. The Kier molecular flexibility index (Phi) is 5.56. The van der Waals surface area contributed by atoms with Crippen molar-refractivity contribution in [3.63, 3.8) is 0 Å². The molecule has 0 saturated heterocycles. The van der Waals surface area contributed by atoms with Gasteiger partial charge in [0.05, 0.1) is 24.7 Å². The van der Waals surface area contributed by atoms with Crippen LogP contribution in [0.1, 0.15) is 56.1 Å². The fourth-order valence-electron chi connectivity index (χ4n) is 5.17. The monoisotopic (exact) mass is 446 g/mol. The van der Waals surface area contributed by atoms with Crippen LogP contribution in [0.3, 0.4) is 0 Å². The van der Waals surface area contributed by atoms with E-state index in [0.717, 1.165) is 36.7 Å². The van der Waals surface area contributed by atoms with Crippen molar-refractivity contribution in [2.24, 2.45) is 0 Å². The number of para-hydroxylation sites is 2. The zero-order valence-corrected chi connectivity index (χ0v) is 19.2. The molecule has 33 heavy (non-hydrogen) atoms. The third-order valence-corrected chi connectivity index (χ3v) is 7.02. The minimum absolute atomic E-state index is 0.123. The van der Waals surface area contributed by atoms with Gasteiger partial charge in [0, 0.05) is 11.7 Å². The molecule has 2 heterocycles. The molecule has 5 rings (SSSR count). The molecule has 7 nitrogen and oxygen atoms in total. The molecule has 2 aliphatic rings. The number of nitrogens with zero attached hydrogens (tertiary/aromatic N) is 3. The Morgan fingerprint density at radius 2 is 1.76 bits per heavy atom. The SMILES string of the molecule is COc1ccc(N2C(=O)c3nc4ccccc4n3C[C@]2(C)C(=O)NC2CCCCCC2)cc1. The maximum absolute atomic E-state index is 13.9. The summed E-state index contributed by atoms with van der Waals surface area (Å²) in [5, 5.41) is 3.29. The van der Waals surface area contributed by atoms with Gasteiger partial charge in [-0.3, -0.25) is 14.5 Å². The number of carbonyl (C=O) groups is 2. The largest absolute Gasteiger partial charge is 0.497 e. The lowest BCUT2D eigenvalue weighted by atomic mass is 9.93. The number of hydrogen-bond donors (Lipinski definition) is 1. The first-order valence-electron chi connectivity index (χ1n) is 11.8. The van der Waals surface area contributed by atoms with Crippen molar-refractivity contribution in [2.45, 2.75) is 63.6 Å². The Labute approximate surface area is 193 Å². The van der Waals surface area contributed by atoms with E-state index >= 15 is 0 Å². The van der Waals surface area contributed by atoms with Gasteiger partial charge in [-0.15, -0.1) is 0 Å². The van der Waals surface area contributed by atoms with Crippen LogP contribution in [0.15, 0.2) is 48.5 Å². The second kappa shape index (κ2) is 8.54. The Morgan fingerprint density at radius 1 is 1.06 bits per heavy atom. The molecule has 1 saturated carbocycles. The highest BCUT2D eigenvalue weighted by molar-refractivity contribution is 6.12. The number of benzene rings is 2. The fourth-order valence-corrected chi connectivity index (χ4v) is 5.17. The van der Waals surface area contributed by atoms with Crippen LogP contribution in [0.2, 0.25) is 0 Å². The number of ether oxygens (including phenoxy) is 1. The third kappa shape index (κ3) is 3.75. The Bertz CT molecular complexity index is 1180. The molecule has 1 aliphatic heterocycles. The Balaban J connectivity index is 1.58. The zero-order valence-electron chi connectivity index (χ0n) is 19.2. The summed E-state index contributed by atoms with van der Waals surface area (Å²) in [5.41, 5.74) is 1.17. The predicted molar refractivity (Wildman–Crippen MR) is 128 cm³/mol. The van der Waals surface area contributed by atoms with Crippen LogP contribution in [-0.2, 0) is 11.3 Å². The first-order chi connectivity index (χ1) is 16.0. The van der Waals surface area contributed by atoms with Crippen molar-refractivity contribution < 1.29 is 14.3 Å². The van der Waals surface area contributed by atoms with E-state index in [9.17, 15) is 9.59 Å². The molecule has 0 spiro atoms. The van der Waals surface area contributed by atoms with Crippen LogP contribution in [0.25, 0.3) is 11.0 Å². The molecular weight excluding hydrogens is 416 g/mol. The smallest absolute Gasteiger partial charge is 0.295 e. The lowest BCUT2D eigenvalue weighted by Gasteiger charge is -2.44. The summed E-state index contributed by atoms with van der Waals surface area (Å²) in [5.74, 6) is 0.648. The average molecular weight is 447 g/mol. The Morgan fingerprint density at radius 3 is 2.45 bits per heavy atom. The number of methoxy groups -OCH3 is 1. The van der Waals surface area contributed by atoms with Crippen LogP contribution in [0.4, 0.5) is 5.69 Å². The second-order valence-electron chi connectivity index (χ2n) is 9.28. The zero-order chi connectivity index (χ0) is 23.0. The van der Waals surface area contributed by atoms with Gasteiger partial charge >= 0.3 is 0 Å². The van der Waals surface area contributed by atoms with Gasteiger partial charge in [0.15, 0.2) is 0 Å². The lowest BCUT2D eigenvalue weighted by Crippen LogP contribution is -2.65. The minimum atomic E-state index is -1.10. The number of rotatable bonds is 4. The maximum Gasteiger partial charge on any atom is 0.295 e. The molecule has 2 aromatic carbocycles. The van der Waals surface area contributed by atoms with Gasteiger partial charge in [0.2, 0.25) is 11.7 Å². The molecule has 1 N–H and O–H groups in total. The first-order valence-corrected chi connectivity index (χ1v) is 11.8. The summed E-state index contributed by atoms with van der Waals surface area (Å²) in [4.78, 5) is 33.9. The Hall–Kier alpha value is -3.35. The van der Waals surface area contributed by atoms with Crippen molar-refractivity contribution >= 4 is 28.5 Å². The standard InChI is InChI=1S/C26H30N4O3/c1-26(25(32)27-18-9-5-3-4-6-10-18)17-29-22-12-8-7-11-21(22)28-23(29)24(31)30(26)19-13-15-20(33-2)16-14-19/h7-8,11-16,18H,3-6,9-10,17H2,1-2H3,(H,27,32)/t26-/m1/s1. The number of hydrogen-bond acceptors (Lipinski definition) is 4. The third-order valence-electron chi connectivity index (χ3n) is 7.02. The number of anilines is 1. The van der Waals surface area contributed by atoms with Gasteiger partial charge in [-0.05, 0) is 56.2 Å². The summed E-state index contributed by atoms with van der Waals surface area (Å²) in [6.07, 6.45) is 6.64. The van der Waals surface area contributed by atoms with Gasteiger partial charge in [0.25, 0.3) is 5.91 Å². The molecule has 7 heteroatoms. The van der Waals surface area contributed by atoms with Gasteiger partial charge < -0.3 is 14.6 Å². The minimum Gasteiger partial charge on any atom is -0.497 e. The number of nitrogens with one attached hydrogen (secondary N) is 1. The van der Waals surface area contributed by atoms with E-state index in [2.05, 4.69) is 10.3 Å². The van der Waals surface area contributed by atoms with Crippen LogP contribution >= 0.6 is 0 Å². The summed E-state index contributed by atoms with van der Waals surface area (Å²) in [7, 11) is 1.60. The summed E-state index contributed by atoms with van der Waals surface area (Å²) >= 11 is 0. The molecule has 0 radical (unpaired) electrons. The molecule has 172 valence electrons. The number of amides is 2. The van der Waals surface area contributed by atoms with Gasteiger partial charge in [0.1, 0.15) is 11.3 Å². The highest BCUT2D eigenvalue weighted by atomic mass is 16.5. The van der Waals surface area contributed by atoms with Crippen LogP contribution in [0, 0.1) is 0 Å². The van der Waals surface area contributed by atoms with E-state index in [0.29, 0.717) is 23.8 Å². The van der Waals surface area contributed by atoms with Crippen LogP contribution < -0.4 is 15.0 Å². The number of fused-ring (bicyclic) bond motifs is 3. The highest BCUT2D eigenvalue weighted by Gasteiger charge is 2.49. The van der Waals surface area contributed by atoms with Crippen LogP contribution in [-0.4, -0.2) is 40.1 Å². The van der Waals surface area contributed by atoms with Crippen molar-refractivity contribution in [1.29, 1.82) is 0 Å². The lowest BCUT2D eigenvalue weighted by molar-refractivity contribution is -0.127. The molecular formula is C26H30N4O3. The van der Waals surface area contributed by atoms with E-state index in [4.69, 9.17) is 4.74 Å². The molecule has 0 bridgehead atoms. The van der Waals surface area contributed by atoms with Crippen molar-refractivity contribution in [2.75, 3.05) is 12.0 Å². The summed E-state index contributed by atoms with van der Waals surface area (Å²) < 4.78 is 7.19. The van der Waals surface area contributed by atoms with Crippen molar-refractivity contribution in [3.05, 3.63) is 54.4 Å². The van der Waals surface area contributed by atoms with E-state index in [1.54, 1.807) is 12.0 Å². The normalized spacial score (nSPS) is 21.5. The highest BCUT2D eigenvalue weighted by Crippen LogP contribution is 2.35. The van der Waals surface area contributed by atoms with Gasteiger partial charge in [-0.25, -0.2) is 4.98 Å². The van der Waals surface area contributed by atoms with Gasteiger partial charge in [-0.2, -0.15) is 0 Å². The summed E-state index contributed by atoms with van der Waals surface area (Å²) in [6, 6.07) is 15.1. The molecule has 1 atom stereocenters. The van der Waals surface area contributed by atoms with Crippen molar-refractivity contribution in [1.82, 2.24) is 14.9 Å². The molecule has 1 fully saturated rings.